The highest BCUT2D eigenvalue weighted by atomic mass is 32.2. The van der Waals surface area contributed by atoms with Crippen molar-refractivity contribution in [2.75, 3.05) is 0 Å². The summed E-state index contributed by atoms with van der Waals surface area (Å²) in [5.41, 5.74) is 1.38. The standard InChI is InChI=1S/C13H7FN4OS3/c14-7-3-1-6(2-4-7)5-20-13-8-9-10(11(19)16-18-15-9)21-12(8)17-22-13/h1-4H,5H2,(H,15,16,19). The van der Waals surface area contributed by atoms with Gasteiger partial charge in [-0.2, -0.15) is 4.37 Å². The Morgan fingerprint density at radius 1 is 1.27 bits per heavy atom. The number of halogens is 1. The van der Waals surface area contributed by atoms with Crippen LogP contribution < -0.4 is 5.56 Å². The van der Waals surface area contributed by atoms with Gasteiger partial charge in [0, 0.05) is 5.75 Å². The zero-order valence-electron chi connectivity index (χ0n) is 10.9. The molecule has 1 N–H and O–H groups in total. The van der Waals surface area contributed by atoms with Gasteiger partial charge < -0.3 is 0 Å². The van der Waals surface area contributed by atoms with Crippen molar-refractivity contribution in [3.63, 3.8) is 0 Å². The van der Waals surface area contributed by atoms with Gasteiger partial charge in [-0.1, -0.05) is 17.3 Å². The first kappa shape index (κ1) is 13.8. The van der Waals surface area contributed by atoms with Crippen LogP contribution >= 0.6 is 34.6 Å². The first-order valence-electron chi connectivity index (χ1n) is 6.23. The lowest BCUT2D eigenvalue weighted by molar-refractivity contribution is 0.627. The zero-order valence-corrected chi connectivity index (χ0v) is 13.3. The fourth-order valence-electron chi connectivity index (χ4n) is 2.04. The molecule has 0 fully saturated rings. The van der Waals surface area contributed by atoms with E-state index in [1.807, 2.05) is 0 Å². The number of H-pyrrole nitrogens is 1. The number of nitrogens with one attached hydrogen (secondary N) is 1. The van der Waals surface area contributed by atoms with Crippen LogP contribution in [0.3, 0.4) is 0 Å². The van der Waals surface area contributed by atoms with Crippen molar-refractivity contribution >= 4 is 55.1 Å². The van der Waals surface area contributed by atoms with Crippen LogP contribution in [0.15, 0.2) is 33.3 Å². The first-order valence-corrected chi connectivity index (χ1v) is 8.80. The van der Waals surface area contributed by atoms with E-state index in [1.54, 1.807) is 23.9 Å². The molecule has 0 radical (unpaired) electrons. The second-order valence-electron chi connectivity index (χ2n) is 4.49. The Balaban J connectivity index is 1.72. The first-order chi connectivity index (χ1) is 10.7. The second-order valence-corrected chi connectivity index (χ2v) is 7.50. The SMILES string of the molecule is O=c1[nH]nnc2c1sc1nsc(SCc3ccc(F)cc3)c12. The zero-order chi connectivity index (χ0) is 15.1. The van der Waals surface area contributed by atoms with Gasteiger partial charge >= 0.3 is 0 Å². The van der Waals surface area contributed by atoms with Gasteiger partial charge in [0.1, 0.15) is 20.9 Å². The van der Waals surface area contributed by atoms with Crippen LogP contribution in [0, 0.1) is 5.82 Å². The van der Waals surface area contributed by atoms with Crippen LogP contribution in [0.4, 0.5) is 4.39 Å². The van der Waals surface area contributed by atoms with E-state index in [4.69, 9.17) is 0 Å². The number of fused-ring (bicyclic) bond motifs is 3. The third-order valence-electron chi connectivity index (χ3n) is 3.07. The predicted octanol–water partition coefficient (Wildman–Crippen LogP) is 3.42. The highest BCUT2D eigenvalue weighted by Crippen LogP contribution is 2.40. The number of aromatic amines is 1. The summed E-state index contributed by atoms with van der Waals surface area (Å²) in [6.07, 6.45) is 0. The van der Waals surface area contributed by atoms with E-state index in [-0.39, 0.29) is 11.4 Å². The van der Waals surface area contributed by atoms with Crippen LogP contribution in [-0.2, 0) is 5.75 Å². The molecule has 0 aliphatic heterocycles. The molecule has 4 rings (SSSR count). The molecule has 0 aliphatic rings. The fraction of sp³-hybridized carbons (Fsp3) is 0.0769. The van der Waals surface area contributed by atoms with E-state index in [0.717, 1.165) is 20.0 Å². The number of aromatic nitrogens is 4. The summed E-state index contributed by atoms with van der Waals surface area (Å²) in [6, 6.07) is 6.42. The molecule has 3 heterocycles. The third-order valence-corrected chi connectivity index (χ3v) is 6.42. The Morgan fingerprint density at radius 3 is 2.91 bits per heavy atom. The Kier molecular flexibility index (Phi) is 3.40. The number of rotatable bonds is 3. The number of thioether (sulfide) groups is 1. The number of benzene rings is 1. The number of hydrogen-bond acceptors (Lipinski definition) is 7. The fourth-order valence-corrected chi connectivity index (χ4v) is 5.17. The van der Waals surface area contributed by atoms with E-state index < -0.39 is 0 Å². The molecular formula is C13H7FN4OS3. The third kappa shape index (κ3) is 2.31. The molecule has 0 bridgehead atoms. The van der Waals surface area contributed by atoms with Crippen molar-refractivity contribution in [2.24, 2.45) is 0 Å². The number of nitrogens with zero attached hydrogens (tertiary/aromatic N) is 3. The molecular weight excluding hydrogens is 343 g/mol. The molecule has 0 atom stereocenters. The highest BCUT2D eigenvalue weighted by molar-refractivity contribution is 8.00. The molecule has 22 heavy (non-hydrogen) atoms. The summed E-state index contributed by atoms with van der Waals surface area (Å²) < 4.78 is 18.8. The average Bonchev–Trinajstić information content (AvgIpc) is 3.07. The maximum atomic E-state index is 12.9. The maximum Gasteiger partial charge on any atom is 0.285 e. The van der Waals surface area contributed by atoms with Gasteiger partial charge in [0.05, 0.1) is 9.60 Å². The Labute approximate surface area is 135 Å². The normalized spacial score (nSPS) is 11.5. The van der Waals surface area contributed by atoms with Crippen molar-refractivity contribution in [2.45, 2.75) is 9.96 Å². The van der Waals surface area contributed by atoms with Crippen molar-refractivity contribution in [1.29, 1.82) is 0 Å². The van der Waals surface area contributed by atoms with Crippen molar-refractivity contribution in [3.8, 4) is 0 Å². The Bertz CT molecular complexity index is 1020. The summed E-state index contributed by atoms with van der Waals surface area (Å²) in [7, 11) is 0. The lowest BCUT2D eigenvalue weighted by Crippen LogP contribution is -2.07. The van der Waals surface area contributed by atoms with E-state index in [1.165, 1.54) is 35.0 Å². The molecule has 110 valence electrons. The van der Waals surface area contributed by atoms with Gasteiger partial charge in [-0.15, -0.1) is 28.2 Å². The molecule has 9 heteroatoms. The van der Waals surface area contributed by atoms with Crippen LogP contribution in [0.5, 0.6) is 0 Å². The quantitative estimate of drug-likeness (QED) is 0.573. The van der Waals surface area contributed by atoms with Crippen molar-refractivity contribution in [1.82, 2.24) is 19.8 Å². The Hall–Kier alpha value is -1.84. The van der Waals surface area contributed by atoms with E-state index >= 15 is 0 Å². The minimum Gasteiger partial charge on any atom is -0.266 e. The van der Waals surface area contributed by atoms with Crippen molar-refractivity contribution in [3.05, 3.63) is 46.0 Å². The number of hydrogen-bond donors (Lipinski definition) is 1. The van der Waals surface area contributed by atoms with E-state index in [2.05, 4.69) is 19.8 Å². The molecule has 0 amide bonds. The smallest absolute Gasteiger partial charge is 0.266 e. The minimum absolute atomic E-state index is 0.243. The molecule has 0 saturated heterocycles. The Morgan fingerprint density at radius 2 is 2.09 bits per heavy atom. The largest absolute Gasteiger partial charge is 0.285 e. The van der Waals surface area contributed by atoms with Gasteiger partial charge in [0.15, 0.2) is 0 Å². The molecule has 0 aliphatic carbocycles. The van der Waals surface area contributed by atoms with Gasteiger partial charge in [-0.25, -0.2) is 9.49 Å². The van der Waals surface area contributed by atoms with E-state index in [9.17, 15) is 9.18 Å². The van der Waals surface area contributed by atoms with Crippen LogP contribution in [0.25, 0.3) is 20.4 Å². The van der Waals surface area contributed by atoms with Gasteiger partial charge in [0.25, 0.3) is 5.56 Å². The molecule has 0 spiro atoms. The summed E-state index contributed by atoms with van der Waals surface area (Å²) in [5, 5.41) is 10.9. The molecule has 0 unspecified atom stereocenters. The lowest BCUT2D eigenvalue weighted by Gasteiger charge is -1.99. The molecule has 5 nitrogen and oxygen atoms in total. The van der Waals surface area contributed by atoms with Crippen LogP contribution in [0.2, 0.25) is 0 Å². The second kappa shape index (κ2) is 5.41. The monoisotopic (exact) mass is 350 g/mol. The molecule has 0 saturated carbocycles. The summed E-state index contributed by atoms with van der Waals surface area (Å²) in [6.45, 7) is 0. The maximum absolute atomic E-state index is 12.9. The topological polar surface area (TPSA) is 71.5 Å². The number of thiophene rings is 1. The van der Waals surface area contributed by atoms with Gasteiger partial charge in [0.2, 0.25) is 0 Å². The van der Waals surface area contributed by atoms with Crippen LogP contribution in [-0.4, -0.2) is 19.8 Å². The molecule has 4 aromatic rings. The summed E-state index contributed by atoms with van der Waals surface area (Å²) >= 11 is 4.31. The predicted molar refractivity (Wildman–Crippen MR) is 87.2 cm³/mol. The molecule has 1 aromatic carbocycles. The van der Waals surface area contributed by atoms with Gasteiger partial charge in [-0.3, -0.25) is 4.79 Å². The van der Waals surface area contributed by atoms with E-state index in [0.29, 0.717) is 16.0 Å². The highest BCUT2D eigenvalue weighted by Gasteiger charge is 2.17. The summed E-state index contributed by atoms with van der Waals surface area (Å²) in [4.78, 5) is 12.6. The lowest BCUT2D eigenvalue weighted by atomic mass is 10.2. The summed E-state index contributed by atoms with van der Waals surface area (Å²) in [5.74, 6) is 0.457. The average molecular weight is 350 g/mol. The van der Waals surface area contributed by atoms with Gasteiger partial charge in [-0.05, 0) is 29.2 Å². The van der Waals surface area contributed by atoms with Crippen LogP contribution in [0.1, 0.15) is 5.56 Å². The van der Waals surface area contributed by atoms with Crippen molar-refractivity contribution < 1.29 is 4.39 Å². The minimum atomic E-state index is -0.243. The molecule has 3 aromatic heterocycles.